The Hall–Kier alpha value is -4.24. The van der Waals surface area contributed by atoms with Gasteiger partial charge in [-0.2, -0.15) is 4.98 Å². The fourth-order valence-electron chi connectivity index (χ4n) is 3.23. The third-order valence-electron chi connectivity index (χ3n) is 5.10. The van der Waals surface area contributed by atoms with Crippen molar-refractivity contribution in [3.8, 4) is 11.6 Å². The molecule has 4 aromatic rings. The highest BCUT2D eigenvalue weighted by Gasteiger charge is 2.16. The summed E-state index contributed by atoms with van der Waals surface area (Å²) < 4.78 is 7.85. The maximum Gasteiger partial charge on any atom is 0.355 e. The number of nitrogens with one attached hydrogen (secondary N) is 1. The fraction of sp³-hybridized carbons (Fsp3) is 0.160. The molecule has 0 atom stereocenters. The number of carbonyl (C=O) groups excluding carboxylic acids is 1. The van der Waals surface area contributed by atoms with Gasteiger partial charge < -0.3 is 10.1 Å². The van der Waals surface area contributed by atoms with Crippen LogP contribution in [-0.4, -0.2) is 24.9 Å². The van der Waals surface area contributed by atoms with Crippen molar-refractivity contribution in [3.63, 3.8) is 0 Å². The second-order valence-corrected chi connectivity index (χ2v) is 8.05. The monoisotopic (exact) mass is 491 g/mol. The fourth-order valence-corrected chi connectivity index (χ4v) is 3.35. The van der Waals surface area contributed by atoms with Crippen LogP contribution in [0.5, 0.6) is 11.6 Å². The van der Waals surface area contributed by atoms with Crippen LogP contribution < -0.4 is 21.4 Å². The van der Waals surface area contributed by atoms with E-state index in [1.54, 1.807) is 73.8 Å². The molecule has 0 bridgehead atoms. The van der Waals surface area contributed by atoms with Crippen molar-refractivity contribution in [2.75, 3.05) is 5.32 Å². The lowest BCUT2D eigenvalue weighted by molar-refractivity contribution is -0.119. The molecule has 0 amide bonds. The van der Waals surface area contributed by atoms with Crippen molar-refractivity contribution < 1.29 is 9.53 Å². The van der Waals surface area contributed by atoms with Gasteiger partial charge in [0, 0.05) is 29.4 Å². The van der Waals surface area contributed by atoms with E-state index in [9.17, 15) is 14.4 Å². The standard InChI is InChI=1S/C25H22ClN5O4/c1-2-20(32)16-31-24(33)29-23(30(25(31)34)15-17-6-8-18(26)9-7-17)28-19-10-12-21(13-11-19)35-22-5-3-4-14-27-22/h3-14H,2,15-16H2,1H3,(H,28,29,33). The van der Waals surface area contributed by atoms with E-state index in [2.05, 4.69) is 15.3 Å². The number of rotatable bonds is 9. The van der Waals surface area contributed by atoms with Gasteiger partial charge in [0.1, 0.15) is 5.75 Å². The van der Waals surface area contributed by atoms with E-state index in [0.717, 1.165) is 10.1 Å². The molecule has 10 heteroatoms. The number of pyridine rings is 1. The normalized spacial score (nSPS) is 10.7. The summed E-state index contributed by atoms with van der Waals surface area (Å²) >= 11 is 5.98. The molecule has 9 nitrogen and oxygen atoms in total. The van der Waals surface area contributed by atoms with Crippen LogP contribution >= 0.6 is 11.6 Å². The molecule has 0 saturated carbocycles. The zero-order chi connectivity index (χ0) is 24.8. The summed E-state index contributed by atoms with van der Waals surface area (Å²) in [6.45, 7) is 1.46. The molecule has 0 aliphatic rings. The van der Waals surface area contributed by atoms with Crippen molar-refractivity contribution in [2.45, 2.75) is 26.4 Å². The molecule has 0 aliphatic carbocycles. The number of hydrogen-bond donors (Lipinski definition) is 1. The van der Waals surface area contributed by atoms with Crippen LogP contribution in [0.25, 0.3) is 0 Å². The number of carbonyl (C=O) groups is 1. The highest BCUT2D eigenvalue weighted by atomic mass is 35.5. The predicted molar refractivity (Wildman–Crippen MR) is 133 cm³/mol. The molecule has 4 rings (SSSR count). The number of ether oxygens (including phenoxy) is 1. The van der Waals surface area contributed by atoms with E-state index < -0.39 is 11.4 Å². The molecule has 2 aromatic carbocycles. The minimum Gasteiger partial charge on any atom is -0.439 e. The van der Waals surface area contributed by atoms with Crippen LogP contribution in [0.2, 0.25) is 5.02 Å². The molecule has 0 spiro atoms. The molecule has 0 fully saturated rings. The Bertz CT molecular complexity index is 1430. The van der Waals surface area contributed by atoms with Crippen molar-refractivity contribution in [2.24, 2.45) is 0 Å². The minimum atomic E-state index is -0.804. The summed E-state index contributed by atoms with van der Waals surface area (Å²) in [6, 6.07) is 19.2. The zero-order valence-corrected chi connectivity index (χ0v) is 19.6. The van der Waals surface area contributed by atoms with Gasteiger partial charge in [-0.15, -0.1) is 0 Å². The molecular weight excluding hydrogens is 470 g/mol. The molecule has 0 radical (unpaired) electrons. The van der Waals surface area contributed by atoms with Crippen LogP contribution in [0.1, 0.15) is 18.9 Å². The summed E-state index contributed by atoms with van der Waals surface area (Å²) in [4.78, 5) is 46.0. The Balaban J connectivity index is 1.66. The smallest absolute Gasteiger partial charge is 0.355 e. The van der Waals surface area contributed by atoms with Gasteiger partial charge in [0.05, 0.1) is 13.1 Å². The van der Waals surface area contributed by atoms with Crippen LogP contribution in [-0.2, 0) is 17.9 Å². The SMILES string of the molecule is CCC(=O)Cn1c(=O)nc(Nc2ccc(Oc3ccccn3)cc2)n(Cc2ccc(Cl)cc2)c1=O. The molecule has 0 aliphatic heterocycles. The summed E-state index contributed by atoms with van der Waals surface area (Å²) in [5.74, 6) is 0.827. The molecule has 1 N–H and O–H groups in total. The van der Waals surface area contributed by atoms with E-state index >= 15 is 0 Å². The first-order valence-corrected chi connectivity index (χ1v) is 11.2. The summed E-state index contributed by atoms with van der Waals surface area (Å²) in [5.41, 5.74) is -0.0921. The van der Waals surface area contributed by atoms with E-state index in [0.29, 0.717) is 22.3 Å². The average Bonchev–Trinajstić information content (AvgIpc) is 2.87. The number of anilines is 2. The molecular formula is C25H22ClN5O4. The Kier molecular flexibility index (Phi) is 7.37. The van der Waals surface area contributed by atoms with Gasteiger partial charge in [0.15, 0.2) is 5.78 Å². The predicted octanol–water partition coefficient (Wildman–Crippen LogP) is 4.02. The van der Waals surface area contributed by atoms with Crippen LogP contribution in [0.3, 0.4) is 0 Å². The first kappa shape index (κ1) is 23.9. The first-order chi connectivity index (χ1) is 16.9. The average molecular weight is 492 g/mol. The largest absolute Gasteiger partial charge is 0.439 e. The number of halogens is 1. The minimum absolute atomic E-state index is 0.0496. The van der Waals surface area contributed by atoms with Gasteiger partial charge in [0.2, 0.25) is 11.8 Å². The van der Waals surface area contributed by atoms with Crippen LogP contribution in [0.4, 0.5) is 11.6 Å². The summed E-state index contributed by atoms with van der Waals surface area (Å²) in [7, 11) is 0. The number of hydrogen-bond acceptors (Lipinski definition) is 7. The quantitative estimate of drug-likeness (QED) is 0.376. The second kappa shape index (κ2) is 10.8. The third kappa shape index (κ3) is 6.01. The number of benzene rings is 2. The number of aromatic nitrogens is 4. The molecule has 2 aromatic heterocycles. The lowest BCUT2D eigenvalue weighted by Crippen LogP contribution is -2.44. The maximum atomic E-state index is 13.2. The van der Waals surface area contributed by atoms with Gasteiger partial charge in [0.25, 0.3) is 0 Å². The lowest BCUT2D eigenvalue weighted by atomic mass is 10.2. The van der Waals surface area contributed by atoms with Crippen molar-refractivity contribution in [1.82, 2.24) is 19.1 Å². The molecule has 0 saturated heterocycles. The van der Waals surface area contributed by atoms with Gasteiger partial charge in [-0.3, -0.25) is 9.36 Å². The molecule has 178 valence electrons. The van der Waals surface area contributed by atoms with Crippen molar-refractivity contribution in [1.29, 1.82) is 0 Å². The topological polar surface area (TPSA) is 108 Å². The Morgan fingerprint density at radius 1 is 1.00 bits per heavy atom. The lowest BCUT2D eigenvalue weighted by Gasteiger charge is -2.16. The maximum absolute atomic E-state index is 13.2. The Morgan fingerprint density at radius 2 is 1.74 bits per heavy atom. The van der Waals surface area contributed by atoms with Gasteiger partial charge in [-0.05, 0) is 48.0 Å². The van der Waals surface area contributed by atoms with Gasteiger partial charge in [-0.1, -0.05) is 36.7 Å². The molecule has 2 heterocycles. The van der Waals surface area contributed by atoms with Crippen molar-refractivity contribution in [3.05, 3.63) is 104 Å². The van der Waals surface area contributed by atoms with E-state index in [1.165, 1.54) is 4.57 Å². The zero-order valence-electron chi connectivity index (χ0n) is 18.8. The second-order valence-electron chi connectivity index (χ2n) is 7.61. The highest BCUT2D eigenvalue weighted by Crippen LogP contribution is 2.22. The molecule has 35 heavy (non-hydrogen) atoms. The third-order valence-corrected chi connectivity index (χ3v) is 5.36. The van der Waals surface area contributed by atoms with Crippen molar-refractivity contribution >= 4 is 29.0 Å². The molecule has 0 unspecified atom stereocenters. The van der Waals surface area contributed by atoms with E-state index in [4.69, 9.17) is 16.3 Å². The first-order valence-electron chi connectivity index (χ1n) is 10.9. The van der Waals surface area contributed by atoms with E-state index in [-0.39, 0.29) is 31.2 Å². The highest BCUT2D eigenvalue weighted by molar-refractivity contribution is 6.30. The van der Waals surface area contributed by atoms with Gasteiger partial charge >= 0.3 is 11.4 Å². The van der Waals surface area contributed by atoms with Crippen LogP contribution in [0, 0.1) is 0 Å². The number of Topliss-reactive ketones (excluding diaryl/α,β-unsaturated/α-hetero) is 1. The Labute approximate surface area is 205 Å². The van der Waals surface area contributed by atoms with E-state index in [1.807, 2.05) is 6.07 Å². The number of nitrogens with zero attached hydrogens (tertiary/aromatic N) is 4. The Morgan fingerprint density at radius 3 is 2.40 bits per heavy atom. The summed E-state index contributed by atoms with van der Waals surface area (Å²) in [5, 5.41) is 3.59. The van der Waals surface area contributed by atoms with Gasteiger partial charge in [-0.25, -0.2) is 19.1 Å². The summed E-state index contributed by atoms with van der Waals surface area (Å²) in [6.07, 6.45) is 1.84. The number of ketones is 1. The van der Waals surface area contributed by atoms with Crippen LogP contribution in [0.15, 0.2) is 82.5 Å².